The molecule has 0 aliphatic carbocycles. The van der Waals surface area contributed by atoms with Gasteiger partial charge in [0.15, 0.2) is 5.65 Å². The lowest BCUT2D eigenvalue weighted by atomic mass is 10.1. The first kappa shape index (κ1) is 18.9. The molecular formula is C23H23N3O3. The van der Waals surface area contributed by atoms with Crippen LogP contribution in [0.2, 0.25) is 0 Å². The van der Waals surface area contributed by atoms with Crippen molar-refractivity contribution < 1.29 is 4.74 Å². The van der Waals surface area contributed by atoms with E-state index in [2.05, 4.69) is 13.8 Å². The summed E-state index contributed by atoms with van der Waals surface area (Å²) in [6, 6.07) is 14.5. The molecule has 0 aliphatic heterocycles. The van der Waals surface area contributed by atoms with Crippen LogP contribution in [0.3, 0.4) is 0 Å². The van der Waals surface area contributed by atoms with Crippen LogP contribution in [0.1, 0.15) is 19.7 Å². The lowest BCUT2D eigenvalue weighted by Crippen LogP contribution is -2.30. The molecule has 0 aliphatic rings. The SMILES string of the molecule is COc1ccc(-n2c(CC(C)C)nc3c(c(=O)c4ccccc4n3C)c2=O)cc1. The number of nitrogens with zero attached hydrogens (tertiary/aromatic N) is 3. The number of rotatable bonds is 4. The monoisotopic (exact) mass is 389 g/mol. The summed E-state index contributed by atoms with van der Waals surface area (Å²) in [5, 5.41) is 0.619. The maximum Gasteiger partial charge on any atom is 0.271 e. The van der Waals surface area contributed by atoms with E-state index in [-0.39, 0.29) is 16.4 Å². The zero-order chi connectivity index (χ0) is 20.7. The Kier molecular flexibility index (Phi) is 4.70. The number of aromatic nitrogens is 3. The maximum atomic E-state index is 13.6. The van der Waals surface area contributed by atoms with Gasteiger partial charge in [0.05, 0.1) is 18.3 Å². The molecule has 6 nitrogen and oxygen atoms in total. The van der Waals surface area contributed by atoms with Gasteiger partial charge in [-0.25, -0.2) is 4.98 Å². The molecule has 0 bridgehead atoms. The molecule has 0 saturated carbocycles. The fourth-order valence-electron chi connectivity index (χ4n) is 3.70. The number of pyridine rings is 1. The normalized spacial score (nSPS) is 11.5. The van der Waals surface area contributed by atoms with Crippen molar-refractivity contribution >= 4 is 21.9 Å². The third kappa shape index (κ3) is 3.10. The van der Waals surface area contributed by atoms with Crippen molar-refractivity contribution in [3.05, 3.63) is 74.9 Å². The third-order valence-electron chi connectivity index (χ3n) is 5.11. The van der Waals surface area contributed by atoms with Gasteiger partial charge >= 0.3 is 0 Å². The Balaban J connectivity index is 2.15. The Bertz CT molecular complexity index is 1330. The quantitative estimate of drug-likeness (QED) is 0.502. The van der Waals surface area contributed by atoms with Crippen molar-refractivity contribution in [2.75, 3.05) is 7.11 Å². The lowest BCUT2D eigenvalue weighted by Gasteiger charge is -2.17. The van der Waals surface area contributed by atoms with Crippen LogP contribution in [0.25, 0.3) is 27.6 Å². The number of para-hydroxylation sites is 1. The van der Waals surface area contributed by atoms with E-state index in [9.17, 15) is 9.59 Å². The van der Waals surface area contributed by atoms with Crippen LogP contribution in [0.15, 0.2) is 58.1 Å². The number of methoxy groups -OCH3 is 1. The van der Waals surface area contributed by atoms with Crippen molar-refractivity contribution in [1.29, 1.82) is 0 Å². The summed E-state index contributed by atoms with van der Waals surface area (Å²) in [6.07, 6.45) is 0.609. The highest BCUT2D eigenvalue weighted by atomic mass is 16.5. The van der Waals surface area contributed by atoms with E-state index in [4.69, 9.17) is 9.72 Å². The van der Waals surface area contributed by atoms with Crippen LogP contribution in [-0.2, 0) is 13.5 Å². The predicted molar refractivity (Wildman–Crippen MR) is 115 cm³/mol. The molecule has 4 rings (SSSR count). The number of hydrogen-bond acceptors (Lipinski definition) is 4. The minimum atomic E-state index is -0.345. The van der Waals surface area contributed by atoms with Crippen molar-refractivity contribution in [1.82, 2.24) is 14.1 Å². The van der Waals surface area contributed by atoms with Gasteiger partial charge in [-0.15, -0.1) is 0 Å². The van der Waals surface area contributed by atoms with Crippen LogP contribution in [0, 0.1) is 5.92 Å². The highest BCUT2D eigenvalue weighted by molar-refractivity contribution is 5.91. The van der Waals surface area contributed by atoms with E-state index in [0.29, 0.717) is 40.6 Å². The molecule has 0 spiro atoms. The Labute approximate surface area is 168 Å². The van der Waals surface area contributed by atoms with Gasteiger partial charge in [-0.1, -0.05) is 26.0 Å². The summed E-state index contributed by atoms with van der Waals surface area (Å²) in [5.74, 6) is 1.62. The van der Waals surface area contributed by atoms with E-state index in [1.54, 1.807) is 35.9 Å². The predicted octanol–water partition coefficient (Wildman–Crippen LogP) is 3.44. The second kappa shape index (κ2) is 7.20. The molecule has 2 aromatic carbocycles. The second-order valence-corrected chi connectivity index (χ2v) is 7.57. The minimum absolute atomic E-state index is 0.106. The number of benzene rings is 2. The first-order chi connectivity index (χ1) is 13.9. The number of hydrogen-bond donors (Lipinski definition) is 0. The molecule has 6 heteroatoms. The number of ether oxygens (including phenoxy) is 1. The molecule has 29 heavy (non-hydrogen) atoms. The summed E-state index contributed by atoms with van der Waals surface area (Å²) in [4.78, 5) is 31.6. The molecule has 2 heterocycles. The molecule has 0 amide bonds. The van der Waals surface area contributed by atoms with Crippen molar-refractivity contribution in [2.45, 2.75) is 20.3 Å². The highest BCUT2D eigenvalue weighted by Crippen LogP contribution is 2.20. The average molecular weight is 389 g/mol. The van der Waals surface area contributed by atoms with E-state index in [0.717, 1.165) is 5.52 Å². The number of fused-ring (bicyclic) bond motifs is 2. The molecule has 2 aromatic heterocycles. The zero-order valence-corrected chi connectivity index (χ0v) is 17.0. The van der Waals surface area contributed by atoms with Crippen LogP contribution < -0.4 is 15.7 Å². The van der Waals surface area contributed by atoms with Gasteiger partial charge in [0.1, 0.15) is 17.0 Å². The summed E-state index contributed by atoms with van der Waals surface area (Å²) in [6.45, 7) is 4.16. The minimum Gasteiger partial charge on any atom is -0.497 e. The average Bonchev–Trinajstić information content (AvgIpc) is 2.71. The smallest absolute Gasteiger partial charge is 0.271 e. The third-order valence-corrected chi connectivity index (χ3v) is 5.11. The van der Waals surface area contributed by atoms with Gasteiger partial charge in [0.2, 0.25) is 5.43 Å². The summed E-state index contributed by atoms with van der Waals surface area (Å²) in [7, 11) is 3.44. The lowest BCUT2D eigenvalue weighted by molar-refractivity contribution is 0.414. The number of aryl methyl sites for hydroxylation is 1. The molecule has 4 aromatic rings. The molecule has 0 radical (unpaired) electrons. The van der Waals surface area contributed by atoms with Crippen molar-refractivity contribution in [3.63, 3.8) is 0 Å². The molecule has 0 saturated heterocycles. The molecule has 148 valence electrons. The van der Waals surface area contributed by atoms with E-state index in [1.165, 1.54) is 0 Å². The molecular weight excluding hydrogens is 366 g/mol. The summed E-state index contributed by atoms with van der Waals surface area (Å²) >= 11 is 0. The van der Waals surface area contributed by atoms with Gasteiger partial charge in [-0.3, -0.25) is 14.2 Å². The van der Waals surface area contributed by atoms with Gasteiger partial charge in [-0.2, -0.15) is 0 Å². The Morgan fingerprint density at radius 1 is 1.03 bits per heavy atom. The van der Waals surface area contributed by atoms with Crippen LogP contribution in [0.5, 0.6) is 5.75 Å². The fourth-order valence-corrected chi connectivity index (χ4v) is 3.70. The molecule has 0 unspecified atom stereocenters. The van der Waals surface area contributed by atoms with E-state index >= 15 is 0 Å². The van der Waals surface area contributed by atoms with Crippen LogP contribution in [0.4, 0.5) is 0 Å². The van der Waals surface area contributed by atoms with Gasteiger partial charge in [0, 0.05) is 18.9 Å². The second-order valence-electron chi connectivity index (χ2n) is 7.57. The molecule has 0 atom stereocenters. The Morgan fingerprint density at radius 2 is 1.72 bits per heavy atom. The standard InChI is InChI=1S/C23H23N3O3/c1-14(2)13-19-24-22-20(21(27)17-7-5-6-8-18(17)25(22)3)23(28)26(19)15-9-11-16(29-4)12-10-15/h5-12,14H,13H2,1-4H3. The fraction of sp³-hybridized carbons (Fsp3) is 0.261. The Morgan fingerprint density at radius 3 is 2.38 bits per heavy atom. The van der Waals surface area contributed by atoms with Gasteiger partial charge < -0.3 is 9.30 Å². The molecule has 0 N–H and O–H groups in total. The topological polar surface area (TPSA) is 66.1 Å². The first-order valence-corrected chi connectivity index (χ1v) is 9.60. The van der Waals surface area contributed by atoms with Crippen molar-refractivity contribution in [3.8, 4) is 11.4 Å². The van der Waals surface area contributed by atoms with Crippen molar-refractivity contribution in [2.24, 2.45) is 13.0 Å². The Hall–Kier alpha value is -3.41. The summed E-state index contributed by atoms with van der Waals surface area (Å²) in [5.41, 5.74) is 1.21. The van der Waals surface area contributed by atoms with E-state index < -0.39 is 0 Å². The summed E-state index contributed by atoms with van der Waals surface area (Å²) < 4.78 is 8.61. The van der Waals surface area contributed by atoms with Crippen LogP contribution in [-0.4, -0.2) is 21.2 Å². The zero-order valence-electron chi connectivity index (χ0n) is 17.0. The molecule has 0 fully saturated rings. The van der Waals surface area contributed by atoms with Gasteiger partial charge in [-0.05, 0) is 42.3 Å². The van der Waals surface area contributed by atoms with E-state index in [1.807, 2.05) is 35.9 Å². The highest BCUT2D eigenvalue weighted by Gasteiger charge is 2.19. The van der Waals surface area contributed by atoms with Gasteiger partial charge in [0.25, 0.3) is 5.56 Å². The largest absolute Gasteiger partial charge is 0.497 e. The first-order valence-electron chi connectivity index (χ1n) is 9.60. The van der Waals surface area contributed by atoms with Crippen LogP contribution >= 0.6 is 0 Å². The maximum absolute atomic E-state index is 13.6.